The van der Waals surface area contributed by atoms with E-state index in [9.17, 15) is 0 Å². The van der Waals surface area contributed by atoms with Crippen molar-refractivity contribution in [3.63, 3.8) is 0 Å². The Labute approximate surface area is 75.7 Å². The van der Waals surface area contributed by atoms with Gasteiger partial charge in [-0.3, -0.25) is 0 Å². The second-order valence-electron chi connectivity index (χ2n) is 2.86. The first-order chi connectivity index (χ1) is 6.13. The molecule has 0 saturated heterocycles. The lowest BCUT2D eigenvalue weighted by molar-refractivity contribution is 0.0954. The highest BCUT2D eigenvalue weighted by atomic mass is 16.3. The lowest BCUT2D eigenvalue weighted by Crippen LogP contribution is -2.14. The van der Waals surface area contributed by atoms with E-state index in [1.807, 2.05) is 0 Å². The molecule has 0 aliphatic heterocycles. The Balaban J connectivity index is 2.73. The number of aliphatic hydroxyl groups excluding tert-OH is 2. The Morgan fingerprint density at radius 2 is 1.85 bits per heavy atom. The fraction of sp³-hybridized carbons (Fsp3) is 0.333. The molecule has 72 valence electrons. The summed E-state index contributed by atoms with van der Waals surface area (Å²) in [5.74, 6) is -0.412. The second kappa shape index (κ2) is 4.11. The average molecular weight is 184 g/mol. The molecule has 0 fully saturated rings. The highest BCUT2D eigenvalue weighted by Crippen LogP contribution is 2.25. The highest BCUT2D eigenvalue weighted by molar-refractivity contribution is 5.40. The second-order valence-corrected chi connectivity index (χ2v) is 2.86. The first-order valence-electron chi connectivity index (χ1n) is 3.93. The van der Waals surface area contributed by atoms with Crippen LogP contribution < -0.4 is 0 Å². The normalized spacial score (nSPS) is 12.8. The number of rotatable bonds is 3. The van der Waals surface area contributed by atoms with Crippen molar-refractivity contribution in [3.8, 4) is 11.5 Å². The molecular weight excluding hydrogens is 172 g/mol. The van der Waals surface area contributed by atoms with Crippen LogP contribution in [-0.2, 0) is 6.42 Å². The molecule has 0 aliphatic rings. The summed E-state index contributed by atoms with van der Waals surface area (Å²) in [5, 5.41) is 35.7. The predicted octanol–water partition coefficient (Wildman–Crippen LogP) is -0.00650. The first kappa shape index (κ1) is 9.83. The number of hydrogen-bond donors (Lipinski definition) is 4. The van der Waals surface area contributed by atoms with Crippen molar-refractivity contribution in [1.29, 1.82) is 0 Å². The maximum Gasteiger partial charge on any atom is 0.157 e. The molecule has 0 saturated carbocycles. The van der Waals surface area contributed by atoms with E-state index in [1.54, 1.807) is 6.07 Å². The van der Waals surface area contributed by atoms with Gasteiger partial charge in [-0.25, -0.2) is 0 Å². The van der Waals surface area contributed by atoms with E-state index >= 15 is 0 Å². The van der Waals surface area contributed by atoms with Crippen molar-refractivity contribution < 1.29 is 20.4 Å². The van der Waals surface area contributed by atoms with Crippen LogP contribution in [0.2, 0.25) is 0 Å². The average Bonchev–Trinajstić information content (AvgIpc) is 2.11. The van der Waals surface area contributed by atoms with Crippen LogP contribution in [-0.4, -0.2) is 33.1 Å². The zero-order valence-electron chi connectivity index (χ0n) is 7.01. The summed E-state index contributed by atoms with van der Waals surface area (Å²) in [7, 11) is 0. The molecule has 1 rings (SSSR count). The first-order valence-corrected chi connectivity index (χ1v) is 3.93. The Morgan fingerprint density at radius 3 is 2.38 bits per heavy atom. The van der Waals surface area contributed by atoms with E-state index < -0.39 is 6.10 Å². The third-order valence-electron chi connectivity index (χ3n) is 1.72. The van der Waals surface area contributed by atoms with Crippen molar-refractivity contribution in [1.82, 2.24) is 0 Å². The van der Waals surface area contributed by atoms with E-state index in [4.69, 9.17) is 20.4 Å². The van der Waals surface area contributed by atoms with Crippen molar-refractivity contribution in [3.05, 3.63) is 23.8 Å². The van der Waals surface area contributed by atoms with Crippen LogP contribution in [0.25, 0.3) is 0 Å². The Hall–Kier alpha value is -1.26. The molecule has 1 unspecified atom stereocenters. The number of aromatic hydroxyl groups is 2. The lowest BCUT2D eigenvalue weighted by atomic mass is 10.1. The summed E-state index contributed by atoms with van der Waals surface area (Å²) in [4.78, 5) is 0. The fourth-order valence-corrected chi connectivity index (χ4v) is 1.03. The van der Waals surface area contributed by atoms with Gasteiger partial charge in [-0.1, -0.05) is 6.07 Å². The van der Waals surface area contributed by atoms with Crippen LogP contribution >= 0.6 is 0 Å². The van der Waals surface area contributed by atoms with E-state index in [1.165, 1.54) is 12.1 Å². The van der Waals surface area contributed by atoms with Gasteiger partial charge in [0, 0.05) is 6.42 Å². The molecule has 4 nitrogen and oxygen atoms in total. The molecule has 1 atom stereocenters. The zero-order valence-corrected chi connectivity index (χ0v) is 7.01. The lowest BCUT2D eigenvalue weighted by Gasteiger charge is -2.07. The minimum Gasteiger partial charge on any atom is -0.504 e. The third-order valence-corrected chi connectivity index (χ3v) is 1.72. The molecule has 0 aliphatic carbocycles. The number of hydrogen-bond acceptors (Lipinski definition) is 4. The molecular formula is C9H12O4. The standard InChI is InChI=1S/C9H12O4/c10-5-7(11)3-6-1-2-8(12)9(13)4-6/h1-2,4,7,10-13H,3,5H2. The molecule has 0 aromatic heterocycles. The fourth-order valence-electron chi connectivity index (χ4n) is 1.03. The van der Waals surface area contributed by atoms with E-state index in [-0.39, 0.29) is 24.5 Å². The molecule has 0 spiro atoms. The minimum absolute atomic E-state index is 0.192. The third kappa shape index (κ3) is 2.61. The van der Waals surface area contributed by atoms with Crippen molar-refractivity contribution in [2.45, 2.75) is 12.5 Å². The van der Waals surface area contributed by atoms with Gasteiger partial charge in [-0.2, -0.15) is 0 Å². The monoisotopic (exact) mass is 184 g/mol. The van der Waals surface area contributed by atoms with E-state index in [2.05, 4.69) is 0 Å². The van der Waals surface area contributed by atoms with Gasteiger partial charge in [0.2, 0.25) is 0 Å². The van der Waals surface area contributed by atoms with Crippen LogP contribution in [0, 0.1) is 0 Å². The SMILES string of the molecule is OCC(O)Cc1ccc(O)c(O)c1. The van der Waals surface area contributed by atoms with Gasteiger partial charge in [-0.15, -0.1) is 0 Å². The molecule has 1 aromatic carbocycles. The van der Waals surface area contributed by atoms with Gasteiger partial charge in [-0.05, 0) is 17.7 Å². The molecule has 4 N–H and O–H groups in total. The topological polar surface area (TPSA) is 80.9 Å². The smallest absolute Gasteiger partial charge is 0.157 e. The summed E-state index contributed by atoms with van der Waals surface area (Å²) in [6.07, 6.45) is -0.575. The zero-order chi connectivity index (χ0) is 9.84. The van der Waals surface area contributed by atoms with Gasteiger partial charge < -0.3 is 20.4 Å². The van der Waals surface area contributed by atoms with Crippen LogP contribution in [0.15, 0.2) is 18.2 Å². The Bertz CT molecular complexity index is 285. The largest absolute Gasteiger partial charge is 0.504 e. The van der Waals surface area contributed by atoms with Crippen molar-refractivity contribution in [2.75, 3.05) is 6.61 Å². The molecule has 0 radical (unpaired) electrons. The summed E-state index contributed by atoms with van der Waals surface area (Å²) in [6, 6.07) is 4.27. The van der Waals surface area contributed by atoms with Gasteiger partial charge in [0.1, 0.15) is 0 Å². The maximum absolute atomic E-state index is 9.09. The summed E-state index contributed by atoms with van der Waals surface area (Å²) in [5.41, 5.74) is 0.664. The summed E-state index contributed by atoms with van der Waals surface area (Å²) >= 11 is 0. The Kier molecular flexibility index (Phi) is 3.11. The number of aliphatic hydroxyl groups is 2. The quantitative estimate of drug-likeness (QED) is 0.498. The molecule has 4 heteroatoms. The van der Waals surface area contributed by atoms with Crippen molar-refractivity contribution >= 4 is 0 Å². The molecule has 13 heavy (non-hydrogen) atoms. The van der Waals surface area contributed by atoms with Crippen LogP contribution in [0.3, 0.4) is 0 Å². The van der Waals surface area contributed by atoms with Gasteiger partial charge >= 0.3 is 0 Å². The number of phenols is 2. The van der Waals surface area contributed by atoms with Crippen LogP contribution in [0.1, 0.15) is 5.56 Å². The minimum atomic E-state index is -0.830. The van der Waals surface area contributed by atoms with Gasteiger partial charge in [0.15, 0.2) is 11.5 Å². The molecule has 0 bridgehead atoms. The maximum atomic E-state index is 9.09. The summed E-state index contributed by atoms with van der Waals surface area (Å²) < 4.78 is 0. The molecule has 0 amide bonds. The van der Waals surface area contributed by atoms with Gasteiger partial charge in [0.05, 0.1) is 12.7 Å². The van der Waals surface area contributed by atoms with Crippen molar-refractivity contribution in [2.24, 2.45) is 0 Å². The molecule has 0 heterocycles. The Morgan fingerprint density at radius 1 is 1.15 bits per heavy atom. The number of benzene rings is 1. The number of phenolic OH excluding ortho intramolecular Hbond substituents is 2. The summed E-state index contributed by atoms with van der Waals surface area (Å²) in [6.45, 7) is -0.318. The molecule has 1 aromatic rings. The predicted molar refractivity (Wildman–Crippen MR) is 46.6 cm³/mol. The van der Waals surface area contributed by atoms with Crippen LogP contribution in [0.4, 0.5) is 0 Å². The van der Waals surface area contributed by atoms with E-state index in [0.29, 0.717) is 5.56 Å². The van der Waals surface area contributed by atoms with Crippen LogP contribution in [0.5, 0.6) is 11.5 Å². The van der Waals surface area contributed by atoms with Gasteiger partial charge in [0.25, 0.3) is 0 Å². The highest BCUT2D eigenvalue weighted by Gasteiger charge is 2.05. The van der Waals surface area contributed by atoms with E-state index in [0.717, 1.165) is 0 Å².